The van der Waals surface area contributed by atoms with Gasteiger partial charge in [0.2, 0.25) is 0 Å². The molecule has 1 aromatic rings. The monoisotopic (exact) mass is 260 g/mol. The summed E-state index contributed by atoms with van der Waals surface area (Å²) in [5, 5.41) is 3.71. The first kappa shape index (κ1) is 14.5. The van der Waals surface area contributed by atoms with Crippen molar-refractivity contribution in [1.82, 2.24) is 10.2 Å². The SMILES string of the molecule is CCCN(CCC)C(CNC1CC1)c1ccccc1. The van der Waals surface area contributed by atoms with Gasteiger partial charge in [-0.1, -0.05) is 44.2 Å². The number of rotatable bonds is 9. The van der Waals surface area contributed by atoms with Gasteiger partial charge in [-0.05, 0) is 44.3 Å². The topological polar surface area (TPSA) is 15.3 Å². The Morgan fingerprint density at radius 3 is 2.26 bits per heavy atom. The molecule has 1 aromatic carbocycles. The first-order valence-electron chi connectivity index (χ1n) is 7.87. The molecule has 1 fully saturated rings. The molecule has 1 unspecified atom stereocenters. The van der Waals surface area contributed by atoms with Crippen molar-refractivity contribution in [3.63, 3.8) is 0 Å². The van der Waals surface area contributed by atoms with Crippen molar-refractivity contribution in [2.75, 3.05) is 19.6 Å². The Morgan fingerprint density at radius 2 is 1.74 bits per heavy atom. The van der Waals surface area contributed by atoms with E-state index in [-0.39, 0.29) is 0 Å². The molecule has 2 rings (SSSR count). The lowest BCUT2D eigenvalue weighted by Crippen LogP contribution is -2.37. The average Bonchev–Trinajstić information content (AvgIpc) is 3.25. The fourth-order valence-electron chi connectivity index (χ4n) is 2.70. The highest BCUT2D eigenvalue weighted by atomic mass is 15.2. The van der Waals surface area contributed by atoms with Gasteiger partial charge in [0, 0.05) is 18.6 Å². The lowest BCUT2D eigenvalue weighted by Gasteiger charge is -2.32. The van der Waals surface area contributed by atoms with Crippen LogP contribution in [0.3, 0.4) is 0 Å². The maximum atomic E-state index is 3.71. The molecule has 1 aliphatic carbocycles. The second-order valence-electron chi connectivity index (χ2n) is 5.64. The van der Waals surface area contributed by atoms with E-state index in [2.05, 4.69) is 54.4 Å². The van der Waals surface area contributed by atoms with Crippen LogP contribution in [0.2, 0.25) is 0 Å². The molecule has 0 radical (unpaired) electrons. The molecule has 0 aromatic heterocycles. The number of nitrogens with zero attached hydrogens (tertiary/aromatic N) is 1. The Bertz CT molecular complexity index is 340. The van der Waals surface area contributed by atoms with Crippen molar-refractivity contribution < 1.29 is 0 Å². The van der Waals surface area contributed by atoms with Gasteiger partial charge in [-0.2, -0.15) is 0 Å². The molecular formula is C17H28N2. The lowest BCUT2D eigenvalue weighted by molar-refractivity contribution is 0.192. The standard InChI is InChI=1S/C17H28N2/c1-3-12-19(13-4-2)17(14-18-16-10-11-16)15-8-6-5-7-9-15/h5-9,16-18H,3-4,10-14H2,1-2H3. The van der Waals surface area contributed by atoms with E-state index in [9.17, 15) is 0 Å². The summed E-state index contributed by atoms with van der Waals surface area (Å²) in [5.74, 6) is 0. The van der Waals surface area contributed by atoms with E-state index in [1.807, 2.05) is 0 Å². The zero-order chi connectivity index (χ0) is 13.5. The van der Waals surface area contributed by atoms with Crippen molar-refractivity contribution in [3.05, 3.63) is 35.9 Å². The molecule has 1 atom stereocenters. The molecule has 0 bridgehead atoms. The molecule has 106 valence electrons. The summed E-state index contributed by atoms with van der Waals surface area (Å²) in [5.41, 5.74) is 1.46. The van der Waals surface area contributed by atoms with Gasteiger partial charge >= 0.3 is 0 Å². The van der Waals surface area contributed by atoms with E-state index in [0.717, 1.165) is 12.6 Å². The maximum Gasteiger partial charge on any atom is 0.0472 e. The Balaban J connectivity index is 2.05. The molecule has 0 spiro atoms. The fraction of sp³-hybridized carbons (Fsp3) is 0.647. The van der Waals surface area contributed by atoms with Crippen LogP contribution < -0.4 is 5.32 Å². The summed E-state index contributed by atoms with van der Waals surface area (Å²) < 4.78 is 0. The van der Waals surface area contributed by atoms with Gasteiger partial charge < -0.3 is 5.32 Å². The summed E-state index contributed by atoms with van der Waals surface area (Å²) in [4.78, 5) is 2.64. The number of benzene rings is 1. The number of hydrogen-bond donors (Lipinski definition) is 1. The minimum Gasteiger partial charge on any atom is -0.312 e. The minimum atomic E-state index is 0.529. The van der Waals surface area contributed by atoms with Crippen LogP contribution >= 0.6 is 0 Å². The van der Waals surface area contributed by atoms with Gasteiger partial charge in [0.1, 0.15) is 0 Å². The van der Waals surface area contributed by atoms with E-state index in [1.54, 1.807) is 0 Å². The van der Waals surface area contributed by atoms with Crippen LogP contribution in [-0.4, -0.2) is 30.6 Å². The van der Waals surface area contributed by atoms with Gasteiger partial charge in [-0.25, -0.2) is 0 Å². The highest BCUT2D eigenvalue weighted by molar-refractivity contribution is 5.19. The third kappa shape index (κ3) is 4.63. The summed E-state index contributed by atoms with van der Waals surface area (Å²) in [6.45, 7) is 8.03. The molecule has 2 heteroatoms. The Morgan fingerprint density at radius 1 is 1.11 bits per heavy atom. The first-order chi connectivity index (χ1) is 9.35. The minimum absolute atomic E-state index is 0.529. The molecule has 0 heterocycles. The number of hydrogen-bond acceptors (Lipinski definition) is 2. The normalized spacial score (nSPS) is 16.8. The van der Waals surface area contributed by atoms with Crippen molar-refractivity contribution in [1.29, 1.82) is 0 Å². The van der Waals surface area contributed by atoms with Gasteiger partial charge in [0.25, 0.3) is 0 Å². The summed E-state index contributed by atoms with van der Waals surface area (Å²) in [6.07, 6.45) is 5.19. The highest BCUT2D eigenvalue weighted by Crippen LogP contribution is 2.24. The largest absolute Gasteiger partial charge is 0.312 e. The van der Waals surface area contributed by atoms with E-state index in [1.165, 1.54) is 44.3 Å². The quantitative estimate of drug-likeness (QED) is 0.730. The van der Waals surface area contributed by atoms with Crippen LogP contribution in [-0.2, 0) is 0 Å². The predicted octanol–water partition coefficient (Wildman–Crippen LogP) is 3.60. The second kappa shape index (κ2) is 7.66. The average molecular weight is 260 g/mol. The summed E-state index contributed by atoms with van der Waals surface area (Å²) >= 11 is 0. The van der Waals surface area contributed by atoms with Gasteiger partial charge in [0.05, 0.1) is 0 Å². The zero-order valence-corrected chi connectivity index (χ0v) is 12.4. The smallest absolute Gasteiger partial charge is 0.0472 e. The molecule has 0 saturated heterocycles. The Hall–Kier alpha value is -0.860. The lowest BCUT2D eigenvalue weighted by atomic mass is 10.0. The van der Waals surface area contributed by atoms with E-state index in [0.29, 0.717) is 6.04 Å². The molecule has 0 aliphatic heterocycles. The van der Waals surface area contributed by atoms with Crippen LogP contribution in [0.4, 0.5) is 0 Å². The third-order valence-electron chi connectivity index (χ3n) is 3.82. The summed E-state index contributed by atoms with van der Waals surface area (Å²) in [6, 6.07) is 12.3. The van der Waals surface area contributed by atoms with E-state index >= 15 is 0 Å². The Kier molecular flexibility index (Phi) is 5.87. The van der Waals surface area contributed by atoms with Crippen LogP contribution in [0.5, 0.6) is 0 Å². The molecule has 1 N–H and O–H groups in total. The van der Waals surface area contributed by atoms with E-state index < -0.39 is 0 Å². The van der Waals surface area contributed by atoms with E-state index in [4.69, 9.17) is 0 Å². The van der Waals surface area contributed by atoms with Crippen LogP contribution in [0.1, 0.15) is 51.1 Å². The Labute approximate surface area is 118 Å². The zero-order valence-electron chi connectivity index (χ0n) is 12.4. The maximum absolute atomic E-state index is 3.71. The molecule has 1 aliphatic rings. The highest BCUT2D eigenvalue weighted by Gasteiger charge is 2.24. The van der Waals surface area contributed by atoms with Gasteiger partial charge in [-0.15, -0.1) is 0 Å². The van der Waals surface area contributed by atoms with Crippen LogP contribution in [0, 0.1) is 0 Å². The van der Waals surface area contributed by atoms with Crippen molar-refractivity contribution in [2.24, 2.45) is 0 Å². The van der Waals surface area contributed by atoms with Crippen molar-refractivity contribution >= 4 is 0 Å². The molecular weight excluding hydrogens is 232 g/mol. The second-order valence-corrected chi connectivity index (χ2v) is 5.64. The molecule has 2 nitrogen and oxygen atoms in total. The van der Waals surface area contributed by atoms with Crippen molar-refractivity contribution in [2.45, 2.75) is 51.6 Å². The van der Waals surface area contributed by atoms with Crippen LogP contribution in [0.25, 0.3) is 0 Å². The fourth-order valence-corrected chi connectivity index (χ4v) is 2.70. The molecule has 1 saturated carbocycles. The van der Waals surface area contributed by atoms with Crippen molar-refractivity contribution in [3.8, 4) is 0 Å². The predicted molar refractivity (Wildman–Crippen MR) is 82.4 cm³/mol. The number of nitrogens with one attached hydrogen (secondary N) is 1. The third-order valence-corrected chi connectivity index (χ3v) is 3.82. The van der Waals surface area contributed by atoms with Crippen LogP contribution in [0.15, 0.2) is 30.3 Å². The summed E-state index contributed by atoms with van der Waals surface area (Å²) in [7, 11) is 0. The van der Waals surface area contributed by atoms with Gasteiger partial charge in [0.15, 0.2) is 0 Å². The molecule has 19 heavy (non-hydrogen) atoms. The molecule has 0 amide bonds. The van der Waals surface area contributed by atoms with Gasteiger partial charge in [-0.3, -0.25) is 4.90 Å². The first-order valence-corrected chi connectivity index (χ1v) is 7.87.